The summed E-state index contributed by atoms with van der Waals surface area (Å²) in [4.78, 5) is 11.8. The monoisotopic (exact) mass is 282 g/mol. The number of carbonyl (C=O) groups is 1. The first kappa shape index (κ1) is 14.4. The van der Waals surface area contributed by atoms with Crippen molar-refractivity contribution in [2.24, 2.45) is 0 Å². The Bertz CT molecular complexity index is 432. The summed E-state index contributed by atoms with van der Waals surface area (Å²) in [5, 5.41) is 16.4. The van der Waals surface area contributed by atoms with Crippen molar-refractivity contribution in [2.45, 2.75) is 58.0 Å². The molecular weight excluding hydrogens is 260 g/mol. The van der Waals surface area contributed by atoms with E-state index >= 15 is 0 Å². The number of amides is 1. The molecule has 1 atom stereocenters. The molecule has 19 heavy (non-hydrogen) atoms. The lowest BCUT2D eigenvalue weighted by atomic mass is 9.98. The highest BCUT2D eigenvalue weighted by molar-refractivity contribution is 7.11. The molecule has 1 fully saturated rings. The number of carbonyl (C=O) groups excluding carboxylic acids is 1. The van der Waals surface area contributed by atoms with E-state index in [9.17, 15) is 4.79 Å². The van der Waals surface area contributed by atoms with Gasteiger partial charge in [-0.3, -0.25) is 4.79 Å². The van der Waals surface area contributed by atoms with Crippen LogP contribution >= 0.6 is 11.3 Å². The van der Waals surface area contributed by atoms with Gasteiger partial charge >= 0.3 is 0 Å². The number of rotatable bonds is 4. The molecule has 0 spiro atoms. The Morgan fingerprint density at radius 2 is 2.26 bits per heavy atom. The normalized spacial score (nSPS) is 19.6. The average molecular weight is 282 g/mol. The molecule has 2 rings (SSSR count). The molecule has 1 aliphatic heterocycles. The molecule has 0 bridgehead atoms. The van der Waals surface area contributed by atoms with Gasteiger partial charge in [0.1, 0.15) is 10.0 Å². The highest BCUT2D eigenvalue weighted by Gasteiger charge is 2.20. The fraction of sp³-hybridized carbons (Fsp3) is 0.769. The van der Waals surface area contributed by atoms with E-state index in [0.29, 0.717) is 19.0 Å². The fourth-order valence-electron chi connectivity index (χ4n) is 2.03. The van der Waals surface area contributed by atoms with E-state index in [4.69, 9.17) is 0 Å². The molecule has 6 heteroatoms. The highest BCUT2D eigenvalue weighted by Crippen LogP contribution is 2.25. The molecular formula is C13H22N4OS. The molecule has 1 aliphatic rings. The number of nitrogens with one attached hydrogen (secondary N) is 2. The van der Waals surface area contributed by atoms with Gasteiger partial charge in [-0.2, -0.15) is 0 Å². The molecule has 0 saturated carbocycles. The Hall–Kier alpha value is -1.01. The van der Waals surface area contributed by atoms with Crippen LogP contribution in [0.3, 0.4) is 0 Å². The highest BCUT2D eigenvalue weighted by atomic mass is 32.1. The Labute approximate surface area is 118 Å². The van der Waals surface area contributed by atoms with Gasteiger partial charge in [0.2, 0.25) is 5.91 Å². The molecule has 0 radical (unpaired) electrons. The predicted molar refractivity (Wildman–Crippen MR) is 76.1 cm³/mol. The van der Waals surface area contributed by atoms with Crippen molar-refractivity contribution in [3.63, 3.8) is 0 Å². The quantitative estimate of drug-likeness (QED) is 0.880. The minimum absolute atomic E-state index is 0.0215. The average Bonchev–Trinajstić information content (AvgIpc) is 2.95. The topological polar surface area (TPSA) is 66.9 Å². The molecule has 1 amide bonds. The van der Waals surface area contributed by atoms with E-state index in [-0.39, 0.29) is 11.3 Å². The summed E-state index contributed by atoms with van der Waals surface area (Å²) in [5.41, 5.74) is 0.0215. The van der Waals surface area contributed by atoms with Crippen molar-refractivity contribution >= 4 is 17.2 Å². The Balaban J connectivity index is 1.78. The first-order valence-electron chi connectivity index (χ1n) is 6.78. The van der Waals surface area contributed by atoms with Gasteiger partial charge in [-0.05, 0) is 19.4 Å². The van der Waals surface area contributed by atoms with E-state index in [1.807, 2.05) is 0 Å². The van der Waals surface area contributed by atoms with Gasteiger partial charge < -0.3 is 10.6 Å². The maximum Gasteiger partial charge on any atom is 0.221 e. The van der Waals surface area contributed by atoms with Crippen LogP contribution in [-0.4, -0.2) is 28.7 Å². The Morgan fingerprint density at radius 3 is 2.84 bits per heavy atom. The van der Waals surface area contributed by atoms with Crippen LogP contribution in [0.15, 0.2) is 0 Å². The molecule has 5 nitrogen and oxygen atoms in total. The van der Waals surface area contributed by atoms with Crippen molar-refractivity contribution < 1.29 is 4.79 Å². The second-order valence-electron chi connectivity index (χ2n) is 6.03. The fourth-order valence-corrected chi connectivity index (χ4v) is 2.87. The third-order valence-electron chi connectivity index (χ3n) is 3.14. The molecule has 0 aromatic carbocycles. The van der Waals surface area contributed by atoms with E-state index in [1.165, 1.54) is 6.42 Å². The van der Waals surface area contributed by atoms with Crippen LogP contribution in [0.2, 0.25) is 0 Å². The summed E-state index contributed by atoms with van der Waals surface area (Å²) >= 11 is 1.57. The summed E-state index contributed by atoms with van der Waals surface area (Å²) in [6.45, 7) is 7.85. The molecule has 106 valence electrons. The molecule has 2 N–H and O–H groups in total. The van der Waals surface area contributed by atoms with Gasteiger partial charge in [-0.15, -0.1) is 10.2 Å². The Kier molecular flexibility index (Phi) is 4.52. The molecule has 1 saturated heterocycles. The van der Waals surface area contributed by atoms with Gasteiger partial charge in [0.15, 0.2) is 0 Å². The molecule has 0 aliphatic carbocycles. The van der Waals surface area contributed by atoms with Crippen molar-refractivity contribution in [2.75, 3.05) is 6.54 Å². The minimum atomic E-state index is 0.0215. The lowest BCUT2D eigenvalue weighted by molar-refractivity contribution is -0.121. The molecule has 1 unspecified atom stereocenters. The summed E-state index contributed by atoms with van der Waals surface area (Å²) in [7, 11) is 0. The summed E-state index contributed by atoms with van der Waals surface area (Å²) < 4.78 is 0. The van der Waals surface area contributed by atoms with E-state index in [1.54, 1.807) is 11.3 Å². The molecule has 1 aromatic heterocycles. The van der Waals surface area contributed by atoms with Crippen LogP contribution < -0.4 is 10.6 Å². The smallest absolute Gasteiger partial charge is 0.221 e. The predicted octanol–water partition coefficient (Wildman–Crippen LogP) is 1.59. The summed E-state index contributed by atoms with van der Waals surface area (Å²) in [6.07, 6.45) is 2.83. The number of hydrogen-bond acceptors (Lipinski definition) is 5. The van der Waals surface area contributed by atoms with Gasteiger partial charge in [0, 0.05) is 17.9 Å². The number of nitrogens with zero attached hydrogens (tertiary/aromatic N) is 2. The zero-order valence-electron chi connectivity index (χ0n) is 11.8. The lowest BCUT2D eigenvalue weighted by Crippen LogP contribution is -2.31. The third-order valence-corrected chi connectivity index (χ3v) is 4.49. The maximum absolute atomic E-state index is 11.8. The zero-order chi connectivity index (χ0) is 13.9. The third kappa shape index (κ3) is 4.24. The maximum atomic E-state index is 11.8. The zero-order valence-corrected chi connectivity index (χ0v) is 12.6. The van der Waals surface area contributed by atoms with Crippen molar-refractivity contribution in [1.29, 1.82) is 0 Å². The summed E-state index contributed by atoms with van der Waals surface area (Å²) in [6, 6.07) is 0.347. The minimum Gasteiger partial charge on any atom is -0.349 e. The lowest BCUT2D eigenvalue weighted by Gasteiger charge is -2.12. The van der Waals surface area contributed by atoms with Crippen LogP contribution in [0.1, 0.15) is 50.0 Å². The SMILES string of the molecule is CC(C)(C)c1nnc(CNC(=O)CC2CCCN2)s1. The van der Waals surface area contributed by atoms with Gasteiger partial charge in [-0.1, -0.05) is 32.1 Å². The number of hydrogen-bond donors (Lipinski definition) is 2. The van der Waals surface area contributed by atoms with Gasteiger partial charge in [-0.25, -0.2) is 0 Å². The van der Waals surface area contributed by atoms with E-state index < -0.39 is 0 Å². The van der Waals surface area contributed by atoms with Crippen LogP contribution in [0, 0.1) is 0 Å². The van der Waals surface area contributed by atoms with Crippen LogP contribution in [0.5, 0.6) is 0 Å². The van der Waals surface area contributed by atoms with E-state index in [2.05, 4.69) is 41.6 Å². The number of aromatic nitrogens is 2. The summed E-state index contributed by atoms with van der Waals surface area (Å²) in [5.74, 6) is 0.0897. The first-order valence-corrected chi connectivity index (χ1v) is 7.60. The Morgan fingerprint density at radius 1 is 1.47 bits per heavy atom. The van der Waals surface area contributed by atoms with Crippen molar-refractivity contribution in [1.82, 2.24) is 20.8 Å². The van der Waals surface area contributed by atoms with E-state index in [0.717, 1.165) is 23.0 Å². The van der Waals surface area contributed by atoms with Crippen molar-refractivity contribution in [3.05, 3.63) is 10.0 Å². The second-order valence-corrected chi connectivity index (χ2v) is 7.09. The van der Waals surface area contributed by atoms with Gasteiger partial charge in [0.25, 0.3) is 0 Å². The second kappa shape index (κ2) is 5.96. The standard InChI is InChI=1S/C13H22N4OS/c1-13(2,3)12-17-16-11(19-12)8-15-10(18)7-9-5-4-6-14-9/h9,14H,4-8H2,1-3H3,(H,15,18). The van der Waals surface area contributed by atoms with Gasteiger partial charge in [0.05, 0.1) is 6.54 Å². The molecule has 1 aromatic rings. The first-order chi connectivity index (χ1) is 8.95. The van der Waals surface area contributed by atoms with Crippen LogP contribution in [-0.2, 0) is 16.8 Å². The van der Waals surface area contributed by atoms with Crippen LogP contribution in [0.4, 0.5) is 0 Å². The van der Waals surface area contributed by atoms with Crippen molar-refractivity contribution in [3.8, 4) is 0 Å². The van der Waals surface area contributed by atoms with Crippen LogP contribution in [0.25, 0.3) is 0 Å². The molecule has 2 heterocycles. The largest absolute Gasteiger partial charge is 0.349 e.